The molecule has 2 saturated heterocycles. The summed E-state index contributed by atoms with van der Waals surface area (Å²) in [6, 6.07) is 8.14. The molecule has 3 aromatic heterocycles. The summed E-state index contributed by atoms with van der Waals surface area (Å²) >= 11 is 0. The van der Waals surface area contributed by atoms with Crippen LogP contribution in [0.1, 0.15) is 30.9 Å². The summed E-state index contributed by atoms with van der Waals surface area (Å²) in [6.07, 6.45) is 3.85. The summed E-state index contributed by atoms with van der Waals surface area (Å²) in [7, 11) is 2.08. The minimum atomic E-state index is 0. The zero-order valence-corrected chi connectivity index (χ0v) is 20.6. The second-order valence-electron chi connectivity index (χ2n) is 9.03. The lowest BCUT2D eigenvalue weighted by Crippen LogP contribution is -2.37. The number of benzene rings is 1. The highest BCUT2D eigenvalue weighted by Gasteiger charge is 2.24. The first-order valence-electron chi connectivity index (χ1n) is 11.9. The predicted molar refractivity (Wildman–Crippen MR) is 135 cm³/mol. The Morgan fingerprint density at radius 3 is 2.47 bits per heavy atom. The summed E-state index contributed by atoms with van der Waals surface area (Å²) in [5.74, 6) is 3.44. The van der Waals surface area contributed by atoms with E-state index in [0.29, 0.717) is 19.2 Å². The number of piperidine rings is 1. The fourth-order valence-electron chi connectivity index (χ4n) is 5.03. The average molecular weight is 483 g/mol. The zero-order valence-electron chi connectivity index (χ0n) is 19.8. The number of halogens is 1. The van der Waals surface area contributed by atoms with E-state index in [2.05, 4.69) is 32.0 Å². The topological polar surface area (TPSA) is 77.1 Å². The number of rotatable bonds is 4. The van der Waals surface area contributed by atoms with Gasteiger partial charge in [-0.15, -0.1) is 12.4 Å². The average Bonchev–Trinajstić information content (AvgIpc) is 3.35. The number of morpholine rings is 1. The highest BCUT2D eigenvalue weighted by atomic mass is 35.5. The maximum atomic E-state index is 5.61. The molecule has 0 unspecified atom stereocenters. The van der Waals surface area contributed by atoms with E-state index in [1.54, 1.807) is 0 Å². The van der Waals surface area contributed by atoms with Crippen LogP contribution in [0.2, 0.25) is 0 Å². The molecule has 0 saturated carbocycles. The number of para-hydroxylation sites is 2. The summed E-state index contributed by atoms with van der Waals surface area (Å²) in [5, 5.41) is 0. The van der Waals surface area contributed by atoms with Gasteiger partial charge >= 0.3 is 0 Å². The molecule has 0 bridgehead atoms. The minimum Gasteiger partial charge on any atom is -0.378 e. The first-order chi connectivity index (χ1) is 16.2. The van der Waals surface area contributed by atoms with Crippen LogP contribution >= 0.6 is 12.4 Å². The molecular formula is C24H31ClN8O. The third kappa shape index (κ3) is 4.01. The number of imidazole rings is 2. The Labute approximate surface area is 205 Å². The summed E-state index contributed by atoms with van der Waals surface area (Å²) < 4.78 is 9.81. The molecule has 0 N–H and O–H groups in total. The number of hydrogen-bond acceptors (Lipinski definition) is 7. The number of ether oxygens (including phenoxy) is 1. The monoisotopic (exact) mass is 482 g/mol. The number of aryl methyl sites for hydroxylation is 2. The molecule has 0 spiro atoms. The molecule has 6 rings (SSSR count). The van der Waals surface area contributed by atoms with Gasteiger partial charge in [0, 0.05) is 20.1 Å². The van der Waals surface area contributed by atoms with Gasteiger partial charge in [0.15, 0.2) is 17.0 Å². The van der Waals surface area contributed by atoms with Crippen molar-refractivity contribution in [1.29, 1.82) is 0 Å². The number of likely N-dealkylation sites (tertiary alicyclic amines) is 1. The molecule has 5 heterocycles. The van der Waals surface area contributed by atoms with Crippen molar-refractivity contribution in [3.63, 3.8) is 0 Å². The molecular weight excluding hydrogens is 452 g/mol. The molecule has 180 valence electrons. The Balaban J connectivity index is 0.00000241. The smallest absolute Gasteiger partial charge is 0.239 e. The molecule has 4 aromatic rings. The van der Waals surface area contributed by atoms with Crippen LogP contribution in [0, 0.1) is 6.92 Å². The second-order valence-corrected chi connectivity index (χ2v) is 9.03. The van der Waals surface area contributed by atoms with Crippen molar-refractivity contribution in [2.24, 2.45) is 7.05 Å². The number of nitrogens with zero attached hydrogens (tertiary/aromatic N) is 8. The Hall–Kier alpha value is -2.75. The van der Waals surface area contributed by atoms with Crippen LogP contribution in [0.5, 0.6) is 0 Å². The van der Waals surface area contributed by atoms with Crippen LogP contribution < -0.4 is 4.90 Å². The number of anilines is 1. The normalized spacial score (nSPS) is 17.4. The predicted octanol–water partition coefficient (Wildman–Crippen LogP) is 3.25. The van der Waals surface area contributed by atoms with E-state index in [-0.39, 0.29) is 12.4 Å². The van der Waals surface area contributed by atoms with Crippen LogP contribution in [0.15, 0.2) is 24.3 Å². The van der Waals surface area contributed by atoms with Gasteiger partial charge in [0.25, 0.3) is 0 Å². The highest BCUT2D eigenvalue weighted by molar-refractivity contribution is 5.86. The third-order valence-corrected chi connectivity index (χ3v) is 6.83. The lowest BCUT2D eigenvalue weighted by molar-refractivity contribution is 0.122. The third-order valence-electron chi connectivity index (χ3n) is 6.83. The largest absolute Gasteiger partial charge is 0.378 e. The van der Waals surface area contributed by atoms with Crippen molar-refractivity contribution < 1.29 is 4.74 Å². The van der Waals surface area contributed by atoms with Gasteiger partial charge in [0.2, 0.25) is 5.95 Å². The van der Waals surface area contributed by atoms with Crippen molar-refractivity contribution in [2.75, 3.05) is 44.3 Å². The first-order valence-corrected chi connectivity index (χ1v) is 11.9. The van der Waals surface area contributed by atoms with E-state index in [1.165, 1.54) is 19.3 Å². The van der Waals surface area contributed by atoms with Crippen molar-refractivity contribution >= 4 is 40.4 Å². The van der Waals surface area contributed by atoms with Gasteiger partial charge in [-0.25, -0.2) is 9.97 Å². The molecule has 2 aliphatic rings. The van der Waals surface area contributed by atoms with Gasteiger partial charge in [-0.2, -0.15) is 9.97 Å². The van der Waals surface area contributed by atoms with Gasteiger partial charge in [0.1, 0.15) is 11.6 Å². The lowest BCUT2D eigenvalue weighted by Gasteiger charge is -2.28. The van der Waals surface area contributed by atoms with Crippen LogP contribution in [-0.4, -0.2) is 73.4 Å². The maximum absolute atomic E-state index is 5.61. The molecule has 2 aliphatic heterocycles. The Morgan fingerprint density at radius 1 is 0.912 bits per heavy atom. The number of aromatic nitrogens is 6. The molecule has 10 heteroatoms. The standard InChI is InChI=1S/C24H30N8O.ClH/c1-17-25-18-8-4-5-9-19(18)32(17)24-27-22-21(23(28-24)31-12-14-33-15-13-31)26-20(29(22)2)16-30-10-6-3-7-11-30;/h4-5,8-9H,3,6-7,10-16H2,1-2H3;1H. The quantitative estimate of drug-likeness (QED) is 0.442. The van der Waals surface area contributed by atoms with Crippen molar-refractivity contribution in [3.05, 3.63) is 35.9 Å². The summed E-state index contributed by atoms with van der Waals surface area (Å²) in [6.45, 7) is 8.11. The highest BCUT2D eigenvalue weighted by Crippen LogP contribution is 2.28. The van der Waals surface area contributed by atoms with Crippen molar-refractivity contribution in [2.45, 2.75) is 32.7 Å². The number of fused-ring (bicyclic) bond motifs is 2. The molecule has 34 heavy (non-hydrogen) atoms. The lowest BCUT2D eigenvalue weighted by atomic mass is 10.1. The molecule has 0 radical (unpaired) electrons. The van der Waals surface area contributed by atoms with Crippen LogP contribution in [-0.2, 0) is 18.3 Å². The molecule has 1 aromatic carbocycles. The molecule has 2 fully saturated rings. The van der Waals surface area contributed by atoms with E-state index in [9.17, 15) is 0 Å². The second kappa shape index (κ2) is 9.48. The van der Waals surface area contributed by atoms with Gasteiger partial charge < -0.3 is 14.2 Å². The molecule has 0 amide bonds. The molecule has 0 atom stereocenters. The van der Waals surface area contributed by atoms with Crippen molar-refractivity contribution in [1.82, 2.24) is 34.0 Å². The van der Waals surface area contributed by atoms with Gasteiger partial charge in [-0.1, -0.05) is 18.6 Å². The fraction of sp³-hybridized carbons (Fsp3) is 0.500. The number of hydrogen-bond donors (Lipinski definition) is 0. The fourth-order valence-corrected chi connectivity index (χ4v) is 5.03. The maximum Gasteiger partial charge on any atom is 0.239 e. The SMILES string of the molecule is Cc1nc2ccccc2n1-c1nc(N2CCOCC2)c2nc(CN3CCCCC3)n(C)c2n1.Cl. The van der Waals surface area contributed by atoms with Crippen LogP contribution in [0.3, 0.4) is 0 Å². The van der Waals surface area contributed by atoms with E-state index < -0.39 is 0 Å². The van der Waals surface area contributed by atoms with Gasteiger partial charge in [-0.3, -0.25) is 9.47 Å². The first kappa shape index (κ1) is 23.0. The van der Waals surface area contributed by atoms with Crippen LogP contribution in [0.4, 0.5) is 5.82 Å². The zero-order chi connectivity index (χ0) is 22.4. The Kier molecular flexibility index (Phi) is 6.42. The minimum absolute atomic E-state index is 0. The molecule has 9 nitrogen and oxygen atoms in total. The Morgan fingerprint density at radius 2 is 1.68 bits per heavy atom. The van der Waals surface area contributed by atoms with Gasteiger partial charge in [0.05, 0.1) is 30.8 Å². The van der Waals surface area contributed by atoms with Gasteiger partial charge in [-0.05, 0) is 45.0 Å². The van der Waals surface area contributed by atoms with E-state index in [0.717, 1.165) is 72.4 Å². The Bertz CT molecular complexity index is 1300. The van der Waals surface area contributed by atoms with E-state index in [1.807, 2.05) is 25.1 Å². The van der Waals surface area contributed by atoms with E-state index in [4.69, 9.17) is 24.7 Å². The van der Waals surface area contributed by atoms with Crippen molar-refractivity contribution in [3.8, 4) is 5.95 Å². The summed E-state index contributed by atoms with van der Waals surface area (Å²) in [4.78, 5) is 24.7. The van der Waals surface area contributed by atoms with Crippen LogP contribution in [0.25, 0.3) is 28.1 Å². The summed E-state index contributed by atoms with van der Waals surface area (Å²) in [5.41, 5.74) is 3.70. The molecule has 0 aliphatic carbocycles. The van der Waals surface area contributed by atoms with E-state index >= 15 is 0 Å².